The van der Waals surface area contributed by atoms with E-state index in [2.05, 4.69) is 4.74 Å². The molecule has 1 unspecified atom stereocenters. The van der Waals surface area contributed by atoms with Crippen LogP contribution in [-0.4, -0.2) is 24.8 Å². The lowest BCUT2D eigenvalue weighted by atomic mass is 10.1. The summed E-state index contributed by atoms with van der Waals surface area (Å²) < 4.78 is 15.4. The first kappa shape index (κ1) is 15.1. The van der Waals surface area contributed by atoms with Gasteiger partial charge >= 0.3 is 5.97 Å². The van der Waals surface area contributed by atoms with Crippen molar-refractivity contribution in [1.29, 1.82) is 0 Å². The molecule has 1 aromatic carbocycles. The van der Waals surface area contributed by atoms with Gasteiger partial charge in [-0.3, -0.25) is 0 Å². The van der Waals surface area contributed by atoms with Crippen LogP contribution in [0.3, 0.4) is 0 Å². The molecule has 1 aromatic heterocycles. The number of carbonyl (C=O) groups is 1. The Hall–Kier alpha value is -2.27. The van der Waals surface area contributed by atoms with Crippen LogP contribution in [0.15, 0.2) is 40.8 Å². The molecule has 2 rings (SSSR count). The summed E-state index contributed by atoms with van der Waals surface area (Å²) in [5.41, 5.74) is 0.634. The molecule has 1 heterocycles. The van der Waals surface area contributed by atoms with Gasteiger partial charge in [0.15, 0.2) is 0 Å². The van der Waals surface area contributed by atoms with E-state index in [-0.39, 0.29) is 11.5 Å². The minimum atomic E-state index is -0.964. The molecule has 0 fully saturated rings. The highest BCUT2D eigenvalue weighted by Gasteiger charge is 2.18. The fraction of sp³-hybridized carbons (Fsp3) is 0.312. The molecular weight excluding hydrogens is 272 g/mol. The van der Waals surface area contributed by atoms with Gasteiger partial charge in [-0.15, -0.1) is 0 Å². The van der Waals surface area contributed by atoms with Crippen LogP contribution in [0.2, 0.25) is 0 Å². The molecule has 0 saturated heterocycles. The van der Waals surface area contributed by atoms with Gasteiger partial charge in [0.2, 0.25) is 5.76 Å². The van der Waals surface area contributed by atoms with Gasteiger partial charge in [0, 0.05) is 0 Å². The summed E-state index contributed by atoms with van der Waals surface area (Å²) in [6.07, 6.45) is -0.0541. The molecule has 5 nitrogen and oxygen atoms in total. The van der Waals surface area contributed by atoms with E-state index in [1.807, 2.05) is 13.0 Å². The van der Waals surface area contributed by atoms with Gasteiger partial charge in [0.25, 0.3) is 0 Å². The highest BCUT2D eigenvalue weighted by atomic mass is 16.5. The Balaban J connectivity index is 2.17. The van der Waals surface area contributed by atoms with E-state index in [0.717, 1.165) is 6.42 Å². The van der Waals surface area contributed by atoms with Gasteiger partial charge in [-0.1, -0.05) is 19.1 Å². The minimum absolute atomic E-state index is 0.0601. The van der Waals surface area contributed by atoms with E-state index in [9.17, 15) is 9.90 Å². The van der Waals surface area contributed by atoms with Gasteiger partial charge in [0.05, 0.1) is 13.7 Å². The summed E-state index contributed by atoms with van der Waals surface area (Å²) in [5, 5.41) is 10.3. The number of aliphatic hydroxyl groups excluding tert-OH is 1. The molecule has 0 saturated carbocycles. The van der Waals surface area contributed by atoms with Crippen LogP contribution in [0.1, 0.15) is 41.3 Å². The first-order valence-corrected chi connectivity index (χ1v) is 6.74. The van der Waals surface area contributed by atoms with Crippen molar-refractivity contribution in [1.82, 2.24) is 0 Å². The summed E-state index contributed by atoms with van der Waals surface area (Å²) in [5.74, 6) is 0.453. The standard InChI is InChI=1S/C16H18O5/c1-3-9-20-12-6-4-5-11(10-12)15(17)13-7-8-14(21-13)16(18)19-2/h4-8,10,15,17H,3,9H2,1-2H3. The molecule has 0 bridgehead atoms. The number of rotatable bonds is 6. The molecule has 1 N–H and O–H groups in total. The molecular formula is C16H18O5. The average molecular weight is 290 g/mol. The Labute approximate surface area is 123 Å². The van der Waals surface area contributed by atoms with Gasteiger partial charge in [-0.2, -0.15) is 0 Å². The second-order valence-corrected chi connectivity index (χ2v) is 4.52. The maximum absolute atomic E-state index is 11.3. The third kappa shape index (κ3) is 3.64. The molecule has 0 aliphatic rings. The highest BCUT2D eigenvalue weighted by Crippen LogP contribution is 2.26. The van der Waals surface area contributed by atoms with E-state index in [4.69, 9.17) is 9.15 Å². The van der Waals surface area contributed by atoms with Crippen LogP contribution in [-0.2, 0) is 4.74 Å². The van der Waals surface area contributed by atoms with E-state index < -0.39 is 12.1 Å². The Morgan fingerprint density at radius 1 is 1.33 bits per heavy atom. The van der Waals surface area contributed by atoms with Crippen molar-refractivity contribution in [2.45, 2.75) is 19.4 Å². The maximum atomic E-state index is 11.3. The highest BCUT2D eigenvalue weighted by molar-refractivity contribution is 5.86. The SMILES string of the molecule is CCCOc1cccc(C(O)c2ccc(C(=O)OC)o2)c1. The molecule has 1 atom stereocenters. The molecule has 0 aliphatic heterocycles. The zero-order chi connectivity index (χ0) is 15.2. The molecule has 0 aliphatic carbocycles. The maximum Gasteiger partial charge on any atom is 0.373 e. The fourth-order valence-corrected chi connectivity index (χ4v) is 1.87. The quantitative estimate of drug-likeness (QED) is 0.828. The Bertz CT molecular complexity index is 602. The van der Waals surface area contributed by atoms with Gasteiger partial charge in [-0.05, 0) is 36.2 Å². The third-order valence-corrected chi connectivity index (χ3v) is 2.93. The average Bonchev–Trinajstić information content (AvgIpc) is 3.01. The van der Waals surface area contributed by atoms with Crippen LogP contribution < -0.4 is 4.74 Å². The Kier molecular flexibility index (Phi) is 5.00. The van der Waals surface area contributed by atoms with Crippen LogP contribution in [0.5, 0.6) is 5.75 Å². The first-order valence-electron chi connectivity index (χ1n) is 6.74. The van der Waals surface area contributed by atoms with Gasteiger partial charge in [0.1, 0.15) is 17.6 Å². The molecule has 5 heteroatoms. The van der Waals surface area contributed by atoms with E-state index >= 15 is 0 Å². The molecule has 0 amide bonds. The number of benzene rings is 1. The van der Waals surface area contributed by atoms with Crippen molar-refractivity contribution in [3.63, 3.8) is 0 Å². The number of carbonyl (C=O) groups excluding carboxylic acids is 1. The predicted molar refractivity (Wildman–Crippen MR) is 76.3 cm³/mol. The zero-order valence-corrected chi connectivity index (χ0v) is 12.0. The minimum Gasteiger partial charge on any atom is -0.494 e. The van der Waals surface area contributed by atoms with Crippen molar-refractivity contribution < 1.29 is 23.8 Å². The van der Waals surface area contributed by atoms with E-state index in [1.165, 1.54) is 13.2 Å². The van der Waals surface area contributed by atoms with Crippen molar-refractivity contribution in [3.05, 3.63) is 53.5 Å². The zero-order valence-electron chi connectivity index (χ0n) is 12.0. The lowest BCUT2D eigenvalue weighted by Crippen LogP contribution is -2.01. The van der Waals surface area contributed by atoms with Crippen LogP contribution in [0.4, 0.5) is 0 Å². The Morgan fingerprint density at radius 2 is 2.14 bits per heavy atom. The predicted octanol–water partition coefficient (Wildman–Crippen LogP) is 2.94. The van der Waals surface area contributed by atoms with Crippen molar-refractivity contribution in [3.8, 4) is 5.75 Å². The van der Waals surface area contributed by atoms with Crippen LogP contribution >= 0.6 is 0 Å². The number of esters is 1. The number of hydrogen-bond acceptors (Lipinski definition) is 5. The monoisotopic (exact) mass is 290 g/mol. The smallest absolute Gasteiger partial charge is 0.373 e. The number of aliphatic hydroxyl groups is 1. The van der Waals surface area contributed by atoms with Crippen molar-refractivity contribution in [2.24, 2.45) is 0 Å². The summed E-state index contributed by atoms with van der Waals surface area (Å²) >= 11 is 0. The molecule has 0 radical (unpaired) electrons. The van der Waals surface area contributed by atoms with Crippen LogP contribution in [0.25, 0.3) is 0 Å². The third-order valence-electron chi connectivity index (χ3n) is 2.93. The lowest BCUT2D eigenvalue weighted by molar-refractivity contribution is 0.0558. The summed E-state index contributed by atoms with van der Waals surface area (Å²) in [4.78, 5) is 11.3. The van der Waals surface area contributed by atoms with E-state index in [1.54, 1.807) is 24.3 Å². The fourth-order valence-electron chi connectivity index (χ4n) is 1.87. The van der Waals surface area contributed by atoms with Crippen molar-refractivity contribution >= 4 is 5.97 Å². The second kappa shape index (κ2) is 6.95. The second-order valence-electron chi connectivity index (χ2n) is 4.52. The normalized spacial score (nSPS) is 12.0. The molecule has 21 heavy (non-hydrogen) atoms. The number of hydrogen-bond donors (Lipinski definition) is 1. The summed E-state index contributed by atoms with van der Waals surface area (Å²) in [6.45, 7) is 2.64. The van der Waals surface area contributed by atoms with Gasteiger partial charge < -0.3 is 19.0 Å². The van der Waals surface area contributed by atoms with Gasteiger partial charge in [-0.25, -0.2) is 4.79 Å². The number of methoxy groups -OCH3 is 1. The van der Waals surface area contributed by atoms with Crippen LogP contribution in [0, 0.1) is 0 Å². The Morgan fingerprint density at radius 3 is 2.86 bits per heavy atom. The van der Waals surface area contributed by atoms with E-state index in [0.29, 0.717) is 17.9 Å². The summed E-state index contributed by atoms with van der Waals surface area (Å²) in [6, 6.07) is 10.2. The molecule has 0 spiro atoms. The molecule has 112 valence electrons. The first-order chi connectivity index (χ1) is 10.2. The summed E-state index contributed by atoms with van der Waals surface area (Å²) in [7, 11) is 1.27. The topological polar surface area (TPSA) is 68.9 Å². The number of ether oxygens (including phenoxy) is 2. The lowest BCUT2D eigenvalue weighted by Gasteiger charge is -2.10. The molecule has 2 aromatic rings. The van der Waals surface area contributed by atoms with Crippen molar-refractivity contribution in [2.75, 3.05) is 13.7 Å². The largest absolute Gasteiger partial charge is 0.494 e. The number of furan rings is 1.